The Morgan fingerprint density at radius 1 is 0.750 bits per heavy atom. The molecule has 0 aromatic heterocycles. The maximum absolute atomic E-state index is 10.7. The highest BCUT2D eigenvalue weighted by Crippen LogP contribution is 2.12. The van der Waals surface area contributed by atoms with E-state index in [1.807, 2.05) is 0 Å². The summed E-state index contributed by atoms with van der Waals surface area (Å²) in [7, 11) is 9.03. The molecule has 4 nitrogen and oxygen atoms in total. The van der Waals surface area contributed by atoms with E-state index in [2.05, 4.69) is 53.9 Å². The molecule has 1 unspecified atom stereocenters. The van der Waals surface area contributed by atoms with Crippen LogP contribution in [0.5, 0.6) is 0 Å². The lowest BCUT2D eigenvalue weighted by Gasteiger charge is -2.36. The van der Waals surface area contributed by atoms with Crippen molar-refractivity contribution in [3.8, 4) is 0 Å². The van der Waals surface area contributed by atoms with E-state index >= 15 is 0 Å². The van der Waals surface area contributed by atoms with Crippen molar-refractivity contribution in [1.29, 1.82) is 0 Å². The van der Waals surface area contributed by atoms with E-state index in [0.29, 0.717) is 0 Å². The molecular formula is C26H57Cl2N3O. The van der Waals surface area contributed by atoms with Crippen molar-refractivity contribution >= 4 is 0 Å². The number of nitrogens with one attached hydrogen (secondary N) is 1. The zero-order chi connectivity index (χ0) is 22.9. The third kappa shape index (κ3) is 24.8. The summed E-state index contributed by atoms with van der Waals surface area (Å²) in [5.41, 5.74) is 1.18. The Morgan fingerprint density at radius 3 is 1.59 bits per heavy atom. The first-order valence-electron chi connectivity index (χ1n) is 12.7. The quantitative estimate of drug-likeness (QED) is 0.121. The summed E-state index contributed by atoms with van der Waals surface area (Å²) >= 11 is 0. The summed E-state index contributed by atoms with van der Waals surface area (Å²) in [6.45, 7) is 14.1. The molecule has 6 heteroatoms. The van der Waals surface area contributed by atoms with Gasteiger partial charge in [0, 0.05) is 19.5 Å². The van der Waals surface area contributed by atoms with Gasteiger partial charge in [-0.25, -0.2) is 0 Å². The Bertz CT molecular complexity index is 431. The van der Waals surface area contributed by atoms with E-state index in [0.717, 1.165) is 48.1 Å². The van der Waals surface area contributed by atoms with Crippen LogP contribution < -0.4 is 30.1 Å². The van der Waals surface area contributed by atoms with Gasteiger partial charge >= 0.3 is 0 Å². The second-order valence-electron chi connectivity index (χ2n) is 11.0. The minimum absolute atomic E-state index is 0. The molecule has 32 heavy (non-hydrogen) atoms. The standard InChI is InChI=1S/C26H57N3O.2ClH/c1-8-9-10-11-12-13-14-15-16-17-20-28(4,5)23-26(30)24-29(6,7)21-18-19-27-22-25(2)3;;/h26-27,30H,2,8-24H2,1,3-7H3;2*1H/q+2;;/p-2. The molecule has 0 aliphatic carbocycles. The van der Waals surface area contributed by atoms with E-state index in [9.17, 15) is 5.11 Å². The van der Waals surface area contributed by atoms with Gasteiger partial charge in [-0.2, -0.15) is 0 Å². The van der Waals surface area contributed by atoms with Crippen molar-refractivity contribution < 1.29 is 38.9 Å². The molecule has 0 saturated carbocycles. The molecule has 196 valence electrons. The highest BCUT2D eigenvalue weighted by Gasteiger charge is 2.26. The fourth-order valence-electron chi connectivity index (χ4n) is 4.34. The van der Waals surface area contributed by atoms with Gasteiger partial charge in [-0.1, -0.05) is 70.4 Å². The lowest BCUT2D eigenvalue weighted by atomic mass is 10.1. The predicted molar refractivity (Wildman–Crippen MR) is 134 cm³/mol. The lowest BCUT2D eigenvalue weighted by Crippen LogP contribution is -3.00. The number of quaternary nitrogens is 2. The average Bonchev–Trinajstić information content (AvgIpc) is 2.61. The van der Waals surface area contributed by atoms with Crippen molar-refractivity contribution in [3.05, 3.63) is 12.2 Å². The number of aliphatic hydroxyl groups excluding tert-OH is 1. The van der Waals surface area contributed by atoms with Gasteiger partial charge in [0.15, 0.2) is 6.10 Å². The van der Waals surface area contributed by atoms with Crippen LogP contribution in [0, 0.1) is 0 Å². The number of aliphatic hydroxyl groups is 1. The number of unbranched alkanes of at least 4 members (excludes halogenated alkanes) is 9. The number of hydrogen-bond acceptors (Lipinski definition) is 2. The van der Waals surface area contributed by atoms with Crippen LogP contribution in [-0.2, 0) is 0 Å². The van der Waals surface area contributed by atoms with Crippen LogP contribution in [0.3, 0.4) is 0 Å². The van der Waals surface area contributed by atoms with E-state index < -0.39 is 0 Å². The van der Waals surface area contributed by atoms with Gasteiger partial charge in [-0.05, 0) is 19.8 Å². The zero-order valence-electron chi connectivity index (χ0n) is 22.4. The van der Waals surface area contributed by atoms with E-state index in [1.165, 1.54) is 76.3 Å². The number of halogens is 2. The molecular weight excluding hydrogens is 441 g/mol. The lowest BCUT2D eigenvalue weighted by molar-refractivity contribution is -0.914. The van der Waals surface area contributed by atoms with Crippen molar-refractivity contribution in [1.82, 2.24) is 5.32 Å². The molecule has 0 aromatic rings. The summed E-state index contributed by atoms with van der Waals surface area (Å²) in [4.78, 5) is 0. The van der Waals surface area contributed by atoms with Crippen molar-refractivity contribution in [2.75, 3.05) is 67.5 Å². The van der Waals surface area contributed by atoms with Crippen LogP contribution >= 0.6 is 0 Å². The highest BCUT2D eigenvalue weighted by molar-refractivity contribution is 4.90. The molecule has 0 fully saturated rings. The van der Waals surface area contributed by atoms with Gasteiger partial charge in [-0.15, -0.1) is 0 Å². The molecule has 0 bridgehead atoms. The molecule has 0 saturated heterocycles. The number of rotatable bonds is 21. The molecule has 0 amide bonds. The van der Waals surface area contributed by atoms with Gasteiger partial charge in [0.2, 0.25) is 0 Å². The largest absolute Gasteiger partial charge is 1.00 e. The third-order valence-electron chi connectivity index (χ3n) is 6.07. The minimum atomic E-state index is -0.235. The molecule has 0 radical (unpaired) electrons. The molecule has 0 aromatic carbocycles. The summed E-state index contributed by atoms with van der Waals surface area (Å²) in [6.07, 6.45) is 14.7. The summed E-state index contributed by atoms with van der Waals surface area (Å²) in [5, 5.41) is 14.1. The maximum Gasteiger partial charge on any atom is 0.152 e. The molecule has 0 aliphatic rings. The van der Waals surface area contributed by atoms with Crippen LogP contribution in [0.15, 0.2) is 12.2 Å². The van der Waals surface area contributed by atoms with Crippen molar-refractivity contribution in [3.63, 3.8) is 0 Å². The Kier molecular flexibility index (Phi) is 24.9. The predicted octanol–water partition coefficient (Wildman–Crippen LogP) is -1.02. The van der Waals surface area contributed by atoms with Gasteiger partial charge in [0.05, 0.1) is 41.3 Å². The molecule has 0 heterocycles. The Morgan fingerprint density at radius 2 is 1.16 bits per heavy atom. The fourth-order valence-corrected chi connectivity index (χ4v) is 4.34. The molecule has 0 rings (SSSR count). The van der Waals surface area contributed by atoms with Crippen molar-refractivity contribution in [2.24, 2.45) is 0 Å². The second kappa shape index (κ2) is 21.7. The first-order valence-corrected chi connectivity index (χ1v) is 12.7. The van der Waals surface area contributed by atoms with Crippen LogP contribution in [0.2, 0.25) is 0 Å². The Hall–Kier alpha value is 0.160. The normalized spacial score (nSPS) is 12.7. The molecule has 0 aliphatic heterocycles. The smallest absolute Gasteiger partial charge is 0.152 e. The SMILES string of the molecule is C=C(C)CNCCC[N+](C)(C)CC(O)C[N+](C)(C)CCCCCCCCCCCC.[Cl-].[Cl-]. The maximum atomic E-state index is 10.7. The van der Waals surface area contributed by atoms with Crippen LogP contribution in [0.1, 0.15) is 84.5 Å². The van der Waals surface area contributed by atoms with E-state index in [4.69, 9.17) is 0 Å². The number of likely N-dealkylation sites (N-methyl/N-ethyl adjacent to an activating group) is 2. The monoisotopic (exact) mass is 497 g/mol. The topological polar surface area (TPSA) is 32.3 Å². The average molecular weight is 499 g/mol. The summed E-state index contributed by atoms with van der Waals surface area (Å²) in [6, 6.07) is 0. The number of nitrogens with zero attached hydrogens (tertiary/aromatic N) is 2. The van der Waals surface area contributed by atoms with Crippen LogP contribution in [-0.4, -0.2) is 87.6 Å². The Labute approximate surface area is 214 Å². The number of hydrogen-bond donors (Lipinski definition) is 2. The Balaban J connectivity index is -0.00000420. The molecule has 0 spiro atoms. The zero-order valence-corrected chi connectivity index (χ0v) is 23.9. The van der Waals surface area contributed by atoms with Crippen LogP contribution in [0.25, 0.3) is 0 Å². The summed E-state index contributed by atoms with van der Waals surface area (Å²) < 4.78 is 1.81. The van der Waals surface area contributed by atoms with E-state index in [1.54, 1.807) is 0 Å². The highest BCUT2D eigenvalue weighted by atomic mass is 35.5. The van der Waals surface area contributed by atoms with Crippen molar-refractivity contribution in [2.45, 2.75) is 90.6 Å². The first-order chi connectivity index (χ1) is 14.1. The van der Waals surface area contributed by atoms with Gasteiger partial charge in [0.1, 0.15) is 13.1 Å². The summed E-state index contributed by atoms with van der Waals surface area (Å²) in [5.74, 6) is 0. The fraction of sp³-hybridized carbons (Fsp3) is 0.923. The molecule has 1 atom stereocenters. The first kappa shape index (κ1) is 36.7. The second-order valence-corrected chi connectivity index (χ2v) is 11.0. The minimum Gasteiger partial charge on any atom is -1.00 e. The molecule has 2 N–H and O–H groups in total. The third-order valence-corrected chi connectivity index (χ3v) is 6.07. The van der Waals surface area contributed by atoms with Gasteiger partial charge in [0.25, 0.3) is 0 Å². The van der Waals surface area contributed by atoms with Gasteiger partial charge in [-0.3, -0.25) is 0 Å². The van der Waals surface area contributed by atoms with E-state index in [-0.39, 0.29) is 30.9 Å². The van der Waals surface area contributed by atoms with Crippen LogP contribution in [0.4, 0.5) is 0 Å². The van der Waals surface area contributed by atoms with Gasteiger partial charge < -0.3 is 44.2 Å².